The van der Waals surface area contributed by atoms with Gasteiger partial charge in [0.15, 0.2) is 0 Å². The molecule has 0 aliphatic carbocycles. The van der Waals surface area contributed by atoms with Gasteiger partial charge in [0.05, 0.1) is 5.56 Å². The lowest BCUT2D eigenvalue weighted by atomic mass is 10.1. The first kappa shape index (κ1) is 15.9. The van der Waals surface area contributed by atoms with Crippen LogP contribution >= 0.6 is 11.8 Å². The maximum atomic E-state index is 12.4. The number of carbonyl (C=O) groups excluding carboxylic acids is 1. The lowest BCUT2D eigenvalue weighted by Gasteiger charge is -2.08. The number of nitrogens with one attached hydrogen (secondary N) is 1. The number of hydrogen-bond donors (Lipinski definition) is 1. The average molecular weight is 322 g/mol. The van der Waals surface area contributed by atoms with Crippen molar-refractivity contribution in [2.75, 3.05) is 5.32 Å². The van der Waals surface area contributed by atoms with Gasteiger partial charge in [0.2, 0.25) is 0 Å². The summed E-state index contributed by atoms with van der Waals surface area (Å²) in [6, 6.07) is 10.5. The van der Waals surface area contributed by atoms with E-state index in [-0.39, 0.29) is 5.56 Å². The first-order valence-electron chi connectivity index (χ1n) is 6.05. The fraction of sp³-hybridized carbons (Fsp3) is 0.0667. The molecule has 0 heterocycles. The van der Waals surface area contributed by atoms with Crippen molar-refractivity contribution in [2.45, 2.75) is 11.1 Å². The summed E-state index contributed by atoms with van der Waals surface area (Å²) in [6.45, 7) is 0. The Hall–Kier alpha value is -2.46. The summed E-state index contributed by atoms with van der Waals surface area (Å²) in [6.07, 6.45) is -4.43. The third-order valence-electron chi connectivity index (χ3n) is 2.75. The predicted molar refractivity (Wildman–Crippen MR) is 77.3 cm³/mol. The molecule has 1 amide bonds. The molecule has 0 radical (unpaired) electrons. The summed E-state index contributed by atoms with van der Waals surface area (Å²) in [5, 5.41) is 13.0. The minimum atomic E-state index is -4.43. The van der Waals surface area contributed by atoms with E-state index in [4.69, 9.17) is 5.26 Å². The molecule has 0 saturated heterocycles. The molecule has 22 heavy (non-hydrogen) atoms. The van der Waals surface area contributed by atoms with Gasteiger partial charge in [-0.3, -0.25) is 4.79 Å². The number of amides is 1. The van der Waals surface area contributed by atoms with Crippen molar-refractivity contribution in [1.82, 2.24) is 0 Å². The van der Waals surface area contributed by atoms with Crippen LogP contribution in [-0.2, 0) is 6.18 Å². The summed E-state index contributed by atoms with van der Waals surface area (Å²) in [5.41, 5.74) is -0.183. The highest BCUT2D eigenvalue weighted by molar-refractivity contribution is 8.03. The Morgan fingerprint density at radius 3 is 2.14 bits per heavy atom. The Morgan fingerprint density at radius 2 is 1.64 bits per heavy atom. The molecule has 0 spiro atoms. The number of rotatable bonds is 3. The van der Waals surface area contributed by atoms with E-state index >= 15 is 0 Å². The van der Waals surface area contributed by atoms with Crippen LogP contribution in [0.2, 0.25) is 0 Å². The number of thiocyanates is 1. The molecule has 3 nitrogen and oxygen atoms in total. The molecule has 7 heteroatoms. The summed E-state index contributed by atoms with van der Waals surface area (Å²) in [4.78, 5) is 12.7. The van der Waals surface area contributed by atoms with Gasteiger partial charge < -0.3 is 5.32 Å². The normalized spacial score (nSPS) is 10.8. The van der Waals surface area contributed by atoms with Crippen LogP contribution in [0.1, 0.15) is 15.9 Å². The van der Waals surface area contributed by atoms with Crippen molar-refractivity contribution in [3.63, 3.8) is 0 Å². The summed E-state index contributed by atoms with van der Waals surface area (Å²) >= 11 is 0.989. The number of halogens is 3. The van der Waals surface area contributed by atoms with Crippen LogP contribution in [0.25, 0.3) is 0 Å². The maximum absolute atomic E-state index is 12.4. The van der Waals surface area contributed by atoms with Gasteiger partial charge in [-0.2, -0.15) is 18.4 Å². The van der Waals surface area contributed by atoms with E-state index in [2.05, 4.69) is 5.32 Å². The molecule has 112 valence electrons. The Bertz CT molecular complexity index is 704. The van der Waals surface area contributed by atoms with Crippen LogP contribution in [0, 0.1) is 10.7 Å². The van der Waals surface area contributed by atoms with Crippen LogP contribution in [0.15, 0.2) is 53.4 Å². The lowest BCUT2D eigenvalue weighted by Crippen LogP contribution is -2.12. The molecule has 0 bridgehead atoms. The van der Waals surface area contributed by atoms with Gasteiger partial charge in [-0.15, -0.1) is 0 Å². The van der Waals surface area contributed by atoms with Gasteiger partial charge in [0, 0.05) is 16.1 Å². The molecule has 2 aromatic rings. The highest BCUT2D eigenvalue weighted by atomic mass is 32.2. The highest BCUT2D eigenvalue weighted by Gasteiger charge is 2.30. The number of hydrogen-bond acceptors (Lipinski definition) is 3. The van der Waals surface area contributed by atoms with Crippen LogP contribution in [0.4, 0.5) is 18.9 Å². The molecular weight excluding hydrogens is 313 g/mol. The molecule has 0 fully saturated rings. The topological polar surface area (TPSA) is 52.9 Å². The zero-order chi connectivity index (χ0) is 16.2. The van der Waals surface area contributed by atoms with Crippen LogP contribution in [0.5, 0.6) is 0 Å². The quantitative estimate of drug-likeness (QED) is 0.667. The standard InChI is InChI=1S/C15H9F3N2OS/c16-15(17,18)11-3-1-10(2-4-11)14(21)20-12-5-7-13(8-6-12)22-9-19/h1-8H,(H,20,21). The second kappa shape index (κ2) is 6.54. The number of alkyl halides is 3. The third-order valence-corrected chi connectivity index (χ3v) is 3.35. The van der Waals surface area contributed by atoms with E-state index in [0.29, 0.717) is 5.69 Å². The largest absolute Gasteiger partial charge is 0.416 e. The number of benzene rings is 2. The van der Waals surface area contributed by atoms with Crippen molar-refractivity contribution in [2.24, 2.45) is 0 Å². The smallest absolute Gasteiger partial charge is 0.322 e. The molecule has 0 atom stereocenters. The lowest BCUT2D eigenvalue weighted by molar-refractivity contribution is -0.137. The molecule has 0 aliphatic heterocycles. The van der Waals surface area contributed by atoms with E-state index in [1.165, 1.54) is 0 Å². The second-order valence-electron chi connectivity index (χ2n) is 4.25. The van der Waals surface area contributed by atoms with Crippen molar-refractivity contribution in [1.29, 1.82) is 5.26 Å². The Kier molecular flexibility index (Phi) is 4.73. The van der Waals surface area contributed by atoms with Gasteiger partial charge in [-0.25, -0.2) is 0 Å². The van der Waals surface area contributed by atoms with E-state index in [1.807, 2.05) is 5.40 Å². The fourth-order valence-electron chi connectivity index (χ4n) is 1.67. The van der Waals surface area contributed by atoms with Gasteiger partial charge in [-0.05, 0) is 60.3 Å². The minimum absolute atomic E-state index is 0.128. The van der Waals surface area contributed by atoms with E-state index < -0.39 is 17.6 Å². The maximum Gasteiger partial charge on any atom is 0.416 e. The van der Waals surface area contributed by atoms with Crippen molar-refractivity contribution in [3.8, 4) is 5.40 Å². The molecule has 0 saturated carbocycles. The molecule has 2 rings (SSSR count). The highest BCUT2D eigenvalue weighted by Crippen LogP contribution is 2.29. The second-order valence-corrected chi connectivity index (χ2v) is 5.11. The average Bonchev–Trinajstić information content (AvgIpc) is 2.49. The SMILES string of the molecule is N#CSc1ccc(NC(=O)c2ccc(C(F)(F)F)cc2)cc1. The van der Waals surface area contributed by atoms with E-state index in [0.717, 1.165) is 40.9 Å². The minimum Gasteiger partial charge on any atom is -0.322 e. The van der Waals surface area contributed by atoms with Crippen molar-refractivity contribution in [3.05, 3.63) is 59.7 Å². The number of nitrogens with zero attached hydrogens (tertiary/aromatic N) is 1. The van der Waals surface area contributed by atoms with Crippen molar-refractivity contribution < 1.29 is 18.0 Å². The van der Waals surface area contributed by atoms with Gasteiger partial charge in [-0.1, -0.05) is 0 Å². The summed E-state index contributed by atoms with van der Waals surface area (Å²) in [7, 11) is 0. The fourth-order valence-corrected chi connectivity index (χ4v) is 2.05. The predicted octanol–water partition coefficient (Wildman–Crippen LogP) is 4.53. The molecule has 0 unspecified atom stereocenters. The summed E-state index contributed by atoms with van der Waals surface area (Å²) < 4.78 is 37.3. The number of carbonyl (C=O) groups is 1. The van der Waals surface area contributed by atoms with Gasteiger partial charge in [0.1, 0.15) is 5.40 Å². The molecular formula is C15H9F3N2OS. The molecule has 0 aromatic heterocycles. The first-order valence-corrected chi connectivity index (χ1v) is 6.86. The molecule has 2 aromatic carbocycles. The number of thioether (sulfide) groups is 1. The van der Waals surface area contributed by atoms with Crippen LogP contribution in [-0.4, -0.2) is 5.91 Å². The van der Waals surface area contributed by atoms with Gasteiger partial charge >= 0.3 is 6.18 Å². The number of anilines is 1. The van der Waals surface area contributed by atoms with Crippen LogP contribution in [0.3, 0.4) is 0 Å². The zero-order valence-electron chi connectivity index (χ0n) is 11.0. The van der Waals surface area contributed by atoms with Crippen molar-refractivity contribution >= 4 is 23.4 Å². The van der Waals surface area contributed by atoms with Crippen LogP contribution < -0.4 is 5.32 Å². The molecule has 0 aliphatic rings. The Morgan fingerprint density at radius 1 is 1.05 bits per heavy atom. The van der Waals surface area contributed by atoms with Gasteiger partial charge in [0.25, 0.3) is 5.91 Å². The Labute approximate surface area is 128 Å². The number of nitriles is 1. The van der Waals surface area contributed by atoms with E-state index in [1.54, 1.807) is 24.3 Å². The summed E-state index contributed by atoms with van der Waals surface area (Å²) in [5.74, 6) is -0.505. The molecule has 1 N–H and O–H groups in total. The monoisotopic (exact) mass is 322 g/mol. The first-order chi connectivity index (χ1) is 10.4. The Balaban J connectivity index is 2.07. The zero-order valence-corrected chi connectivity index (χ0v) is 11.8. The van der Waals surface area contributed by atoms with E-state index in [9.17, 15) is 18.0 Å². The third kappa shape index (κ3) is 4.02.